The number of anilines is 2. The molecular formula is C38H46N8O4. The van der Waals surface area contributed by atoms with Crippen molar-refractivity contribution < 1.29 is 19.1 Å². The van der Waals surface area contributed by atoms with Crippen molar-refractivity contribution in [3.05, 3.63) is 83.9 Å². The number of carbonyl (C=O) groups is 3. The molecule has 0 radical (unpaired) electrons. The number of hydrogen-bond acceptors (Lipinski definition) is 8. The minimum atomic E-state index is -0.680. The number of likely N-dealkylation sites (tertiary alicyclic amines) is 1. The molecule has 12 nitrogen and oxygen atoms in total. The van der Waals surface area contributed by atoms with Crippen LogP contribution in [0.5, 0.6) is 0 Å². The van der Waals surface area contributed by atoms with Gasteiger partial charge < -0.3 is 35.5 Å². The van der Waals surface area contributed by atoms with Crippen LogP contribution >= 0.6 is 0 Å². The molecule has 2 aliphatic heterocycles. The van der Waals surface area contributed by atoms with E-state index in [1.807, 2.05) is 74.3 Å². The number of aromatic amines is 1. The van der Waals surface area contributed by atoms with E-state index < -0.39 is 12.1 Å². The van der Waals surface area contributed by atoms with Gasteiger partial charge in [-0.15, -0.1) is 0 Å². The molecule has 12 heteroatoms. The van der Waals surface area contributed by atoms with E-state index in [9.17, 15) is 14.4 Å². The van der Waals surface area contributed by atoms with E-state index in [4.69, 9.17) is 9.72 Å². The zero-order valence-electron chi connectivity index (χ0n) is 29.3. The second-order valence-electron chi connectivity index (χ2n) is 13.4. The predicted molar refractivity (Wildman–Crippen MR) is 194 cm³/mol. The molecule has 2 unspecified atom stereocenters. The molecule has 50 heavy (non-hydrogen) atoms. The molecule has 2 saturated heterocycles. The van der Waals surface area contributed by atoms with Crippen LogP contribution in [0.1, 0.15) is 61.4 Å². The summed E-state index contributed by atoms with van der Waals surface area (Å²) < 4.78 is 4.75. The standard InChI is InChI=1S/C38H46N8O4/c1-23(2)34(44-38(49)50-5)37(48)46-17-6-7-32(46)35-41-22-31(43-35)27-10-8-26(9-11-27)30-14-13-29(19-24(30)3)42-36(47)28-12-15-33(40-21-28)45-18-16-39-20-25(45)4/h8-15,19,21-23,25,32,34,39H,6-7,16-18,20H2,1-5H3,(H,41,43)(H,42,47)(H,44,49)/t25?,32?,34-/m0/s1. The van der Waals surface area contributed by atoms with Crippen molar-refractivity contribution in [2.24, 2.45) is 5.92 Å². The summed E-state index contributed by atoms with van der Waals surface area (Å²) in [5.74, 6) is 1.18. The highest BCUT2D eigenvalue weighted by Gasteiger charge is 2.37. The highest BCUT2D eigenvalue weighted by molar-refractivity contribution is 6.04. The predicted octanol–water partition coefficient (Wildman–Crippen LogP) is 5.54. The van der Waals surface area contributed by atoms with Gasteiger partial charge in [-0.2, -0.15) is 0 Å². The molecule has 262 valence electrons. The number of alkyl carbamates (subject to hydrolysis) is 1. The van der Waals surface area contributed by atoms with Crippen LogP contribution in [0, 0.1) is 12.8 Å². The van der Waals surface area contributed by atoms with Gasteiger partial charge in [0.15, 0.2) is 0 Å². The van der Waals surface area contributed by atoms with Crippen molar-refractivity contribution in [2.45, 2.75) is 58.7 Å². The number of methoxy groups -OCH3 is 1. The molecule has 2 aromatic heterocycles. The van der Waals surface area contributed by atoms with Crippen LogP contribution in [0.25, 0.3) is 22.4 Å². The fourth-order valence-electron chi connectivity index (χ4n) is 6.81. The first-order chi connectivity index (χ1) is 24.1. The summed E-state index contributed by atoms with van der Waals surface area (Å²) in [4.78, 5) is 55.2. The first-order valence-electron chi connectivity index (χ1n) is 17.3. The summed E-state index contributed by atoms with van der Waals surface area (Å²) >= 11 is 0. The molecule has 0 spiro atoms. The van der Waals surface area contributed by atoms with Crippen LogP contribution in [0.4, 0.5) is 16.3 Å². The number of imidazole rings is 1. The van der Waals surface area contributed by atoms with E-state index in [-0.39, 0.29) is 23.8 Å². The van der Waals surface area contributed by atoms with E-state index in [0.717, 1.165) is 77.8 Å². The topological polar surface area (TPSA) is 145 Å². The van der Waals surface area contributed by atoms with E-state index in [1.54, 1.807) is 6.20 Å². The number of nitrogens with zero attached hydrogens (tertiary/aromatic N) is 4. The molecule has 3 amide bonds. The minimum Gasteiger partial charge on any atom is -0.453 e. The number of aryl methyl sites for hydroxylation is 1. The lowest BCUT2D eigenvalue weighted by atomic mass is 9.98. The van der Waals surface area contributed by atoms with E-state index >= 15 is 0 Å². The van der Waals surface area contributed by atoms with Gasteiger partial charge in [0.2, 0.25) is 5.91 Å². The third-order valence-corrected chi connectivity index (χ3v) is 9.62. The van der Waals surface area contributed by atoms with E-state index in [1.165, 1.54) is 7.11 Å². The molecule has 4 N–H and O–H groups in total. The van der Waals surface area contributed by atoms with E-state index in [0.29, 0.717) is 18.2 Å². The third-order valence-electron chi connectivity index (χ3n) is 9.62. The molecule has 2 aliphatic rings. The van der Waals surface area contributed by atoms with Crippen LogP contribution < -0.4 is 20.9 Å². The Morgan fingerprint density at radius 2 is 1.80 bits per heavy atom. The van der Waals surface area contributed by atoms with Gasteiger partial charge in [0.25, 0.3) is 5.91 Å². The van der Waals surface area contributed by atoms with Crippen LogP contribution in [0.2, 0.25) is 0 Å². The summed E-state index contributed by atoms with van der Waals surface area (Å²) in [7, 11) is 1.29. The van der Waals surface area contributed by atoms with Gasteiger partial charge in [-0.3, -0.25) is 9.59 Å². The molecule has 2 fully saturated rings. The Morgan fingerprint density at radius 1 is 1.02 bits per heavy atom. The smallest absolute Gasteiger partial charge is 0.407 e. The Bertz CT molecular complexity index is 1820. The highest BCUT2D eigenvalue weighted by atomic mass is 16.5. The molecular weight excluding hydrogens is 632 g/mol. The zero-order valence-corrected chi connectivity index (χ0v) is 29.3. The Labute approximate surface area is 293 Å². The number of piperazine rings is 1. The molecule has 0 bridgehead atoms. The molecule has 3 atom stereocenters. The number of benzene rings is 2. The van der Waals surface area contributed by atoms with Crippen molar-refractivity contribution in [1.29, 1.82) is 0 Å². The largest absolute Gasteiger partial charge is 0.453 e. The van der Waals surface area contributed by atoms with Crippen molar-refractivity contribution in [2.75, 3.05) is 43.5 Å². The molecule has 4 aromatic rings. The quantitative estimate of drug-likeness (QED) is 0.181. The van der Waals surface area contributed by atoms with Crippen LogP contribution in [-0.2, 0) is 9.53 Å². The van der Waals surface area contributed by atoms with Gasteiger partial charge in [0.1, 0.15) is 17.7 Å². The number of aromatic nitrogens is 3. The first-order valence-corrected chi connectivity index (χ1v) is 17.3. The Hall–Kier alpha value is -5.23. The van der Waals surface area contributed by atoms with Crippen molar-refractivity contribution in [3.8, 4) is 22.4 Å². The monoisotopic (exact) mass is 678 g/mol. The summed E-state index contributed by atoms with van der Waals surface area (Å²) in [6, 6.07) is 17.3. The van der Waals surface area contributed by atoms with Gasteiger partial charge in [-0.05, 0) is 73.6 Å². The Morgan fingerprint density at radius 3 is 2.48 bits per heavy atom. The Kier molecular flexibility index (Phi) is 10.5. The van der Waals surface area contributed by atoms with Crippen LogP contribution in [0.3, 0.4) is 0 Å². The second kappa shape index (κ2) is 15.1. The van der Waals surface area contributed by atoms with Crippen molar-refractivity contribution >= 4 is 29.4 Å². The number of ether oxygens (including phenoxy) is 1. The molecule has 6 rings (SSSR count). The first kappa shape index (κ1) is 34.6. The molecule has 4 heterocycles. The number of amides is 3. The van der Waals surface area contributed by atoms with Gasteiger partial charge in [-0.1, -0.05) is 44.2 Å². The number of H-pyrrole nitrogens is 1. The fraction of sp³-hybridized carbons (Fsp3) is 0.395. The van der Waals surface area contributed by atoms with Crippen LogP contribution in [-0.4, -0.2) is 83.1 Å². The SMILES string of the molecule is COC(=O)N[C@H](C(=O)N1CCCC1c1nc(-c2ccc(-c3ccc(NC(=O)c4ccc(N5CCNCC5C)nc4)cc3C)cc2)c[nH]1)C(C)C. The van der Waals surface area contributed by atoms with Crippen LogP contribution in [0.15, 0.2) is 67.0 Å². The summed E-state index contributed by atoms with van der Waals surface area (Å²) in [5, 5.41) is 9.09. The van der Waals surface area contributed by atoms with Gasteiger partial charge in [0, 0.05) is 55.9 Å². The number of hydrogen-bond donors (Lipinski definition) is 4. The number of pyridine rings is 1. The minimum absolute atomic E-state index is 0.0977. The van der Waals surface area contributed by atoms with Gasteiger partial charge >= 0.3 is 6.09 Å². The lowest BCUT2D eigenvalue weighted by Gasteiger charge is -2.34. The summed E-state index contributed by atoms with van der Waals surface area (Å²) in [6.45, 7) is 11.3. The second-order valence-corrected chi connectivity index (χ2v) is 13.4. The van der Waals surface area contributed by atoms with Crippen molar-refractivity contribution in [1.82, 2.24) is 30.5 Å². The molecule has 0 aliphatic carbocycles. The highest BCUT2D eigenvalue weighted by Crippen LogP contribution is 2.34. The maximum absolute atomic E-state index is 13.5. The lowest BCUT2D eigenvalue weighted by molar-refractivity contribution is -0.135. The summed E-state index contributed by atoms with van der Waals surface area (Å²) in [6.07, 6.45) is 4.53. The molecule has 0 saturated carbocycles. The average molecular weight is 679 g/mol. The maximum Gasteiger partial charge on any atom is 0.407 e. The Balaban J connectivity index is 1.10. The van der Waals surface area contributed by atoms with Crippen molar-refractivity contribution in [3.63, 3.8) is 0 Å². The zero-order chi connectivity index (χ0) is 35.4. The van der Waals surface area contributed by atoms with Gasteiger partial charge in [-0.25, -0.2) is 14.8 Å². The number of rotatable bonds is 9. The summed E-state index contributed by atoms with van der Waals surface area (Å²) in [5.41, 5.74) is 6.12. The lowest BCUT2D eigenvalue weighted by Crippen LogP contribution is -2.51. The maximum atomic E-state index is 13.5. The van der Waals surface area contributed by atoms with Gasteiger partial charge in [0.05, 0.1) is 24.4 Å². The molecule has 2 aromatic carbocycles. The third kappa shape index (κ3) is 7.50. The normalized spacial score (nSPS) is 18.2. The fourth-order valence-corrected chi connectivity index (χ4v) is 6.81. The average Bonchev–Trinajstić information content (AvgIpc) is 3.81. The van der Waals surface area contributed by atoms with E-state index in [2.05, 4.69) is 49.9 Å². The number of nitrogens with one attached hydrogen (secondary N) is 4. The number of carbonyl (C=O) groups excluding carboxylic acids is 3.